The average Bonchev–Trinajstić information content (AvgIpc) is 2.97. The topological polar surface area (TPSA) is 22.4 Å². The van der Waals surface area contributed by atoms with Crippen molar-refractivity contribution in [2.45, 2.75) is 24.8 Å². The molecule has 0 radical (unpaired) electrons. The van der Waals surface area contributed by atoms with Crippen LogP contribution in [0.2, 0.25) is 0 Å². The molecule has 0 aliphatic carbocycles. The van der Waals surface area contributed by atoms with E-state index in [-0.39, 0.29) is 12.4 Å². The molecule has 2 rings (SSSR count). The molecular weight excluding hydrogens is 281 g/mol. The van der Waals surface area contributed by atoms with Crippen molar-refractivity contribution in [3.63, 3.8) is 0 Å². The van der Waals surface area contributed by atoms with Crippen LogP contribution < -0.4 is 0 Å². The van der Waals surface area contributed by atoms with Gasteiger partial charge in [-0.1, -0.05) is 36.4 Å². The van der Waals surface area contributed by atoms with E-state index in [4.69, 9.17) is 9.15 Å². The van der Waals surface area contributed by atoms with Crippen LogP contribution in [0.1, 0.15) is 17.7 Å². The Bertz CT molecular complexity index is 561. The Hall–Kier alpha value is -2.01. The van der Waals surface area contributed by atoms with Crippen molar-refractivity contribution in [1.82, 2.24) is 0 Å². The number of hydrogen-bond acceptors (Lipinski definition) is 2. The summed E-state index contributed by atoms with van der Waals surface area (Å²) in [6.07, 6.45) is -2.66. The quantitative estimate of drug-likeness (QED) is 0.712. The first-order chi connectivity index (χ1) is 9.99. The molecule has 5 heteroatoms. The molecule has 1 atom stereocenters. The fourth-order valence-corrected chi connectivity index (χ4v) is 2.06. The maximum atomic E-state index is 13.6. The van der Waals surface area contributed by atoms with E-state index in [1.807, 2.05) is 0 Å². The zero-order valence-electron chi connectivity index (χ0n) is 11.3. The first-order valence-corrected chi connectivity index (χ1v) is 6.39. The molecule has 1 aromatic carbocycles. The summed E-state index contributed by atoms with van der Waals surface area (Å²) in [7, 11) is 0. The molecule has 1 aromatic heterocycles. The molecule has 0 saturated heterocycles. The normalized spacial score (nSPS) is 14.6. The summed E-state index contributed by atoms with van der Waals surface area (Å²) in [6.45, 7) is 3.23. The summed E-state index contributed by atoms with van der Waals surface area (Å²) in [6, 6.07) is 11.4. The van der Waals surface area contributed by atoms with Gasteiger partial charge in [0.2, 0.25) is 5.60 Å². The number of alkyl halides is 3. The number of hydrogen-bond donors (Lipinski definition) is 0. The molecule has 0 saturated carbocycles. The van der Waals surface area contributed by atoms with Gasteiger partial charge >= 0.3 is 6.18 Å². The lowest BCUT2D eigenvalue weighted by molar-refractivity contribution is -0.294. The number of rotatable bonds is 6. The van der Waals surface area contributed by atoms with E-state index in [2.05, 4.69) is 6.58 Å². The Labute approximate surface area is 120 Å². The molecule has 0 fully saturated rings. The first-order valence-electron chi connectivity index (χ1n) is 6.39. The van der Waals surface area contributed by atoms with Gasteiger partial charge in [-0.15, -0.1) is 6.58 Å². The van der Waals surface area contributed by atoms with Crippen LogP contribution in [0.5, 0.6) is 0 Å². The molecule has 0 aliphatic heterocycles. The van der Waals surface area contributed by atoms with E-state index in [9.17, 15) is 13.2 Å². The van der Waals surface area contributed by atoms with Gasteiger partial charge < -0.3 is 9.15 Å². The molecule has 1 heterocycles. The summed E-state index contributed by atoms with van der Waals surface area (Å²) < 4.78 is 51.0. The Morgan fingerprint density at radius 2 is 1.81 bits per heavy atom. The summed E-state index contributed by atoms with van der Waals surface area (Å²) in [4.78, 5) is 0. The number of halogens is 3. The van der Waals surface area contributed by atoms with Crippen molar-refractivity contribution in [2.75, 3.05) is 0 Å². The molecule has 0 bridgehead atoms. The van der Waals surface area contributed by atoms with Gasteiger partial charge in [-0.05, 0) is 17.7 Å². The summed E-state index contributed by atoms with van der Waals surface area (Å²) in [5.41, 5.74) is -1.87. The molecule has 0 N–H and O–H groups in total. The van der Waals surface area contributed by atoms with Crippen molar-refractivity contribution in [1.29, 1.82) is 0 Å². The van der Waals surface area contributed by atoms with Crippen molar-refractivity contribution in [3.8, 4) is 0 Å². The van der Waals surface area contributed by atoms with Gasteiger partial charge in [0.25, 0.3) is 0 Å². The zero-order chi connectivity index (χ0) is 15.3. The zero-order valence-corrected chi connectivity index (χ0v) is 11.3. The van der Waals surface area contributed by atoms with Gasteiger partial charge in [0.1, 0.15) is 5.76 Å². The van der Waals surface area contributed by atoms with Crippen LogP contribution in [0.25, 0.3) is 0 Å². The second-order valence-electron chi connectivity index (χ2n) is 4.57. The minimum atomic E-state index is -4.62. The van der Waals surface area contributed by atoms with Crippen LogP contribution in [-0.4, -0.2) is 6.18 Å². The second-order valence-corrected chi connectivity index (χ2v) is 4.57. The van der Waals surface area contributed by atoms with Gasteiger partial charge in [-0.3, -0.25) is 0 Å². The smallest absolute Gasteiger partial charge is 0.425 e. The molecule has 2 nitrogen and oxygen atoms in total. The fourth-order valence-electron chi connectivity index (χ4n) is 2.06. The van der Waals surface area contributed by atoms with Crippen molar-refractivity contribution >= 4 is 0 Å². The van der Waals surface area contributed by atoms with E-state index in [0.717, 1.165) is 0 Å². The Kier molecular flexibility index (Phi) is 4.53. The Morgan fingerprint density at radius 1 is 1.10 bits per heavy atom. The van der Waals surface area contributed by atoms with Crippen LogP contribution in [0.3, 0.4) is 0 Å². The molecular formula is C16H15F3O2. The Morgan fingerprint density at radius 3 is 2.33 bits per heavy atom. The SMILES string of the molecule is C=CCC(OCc1ccccc1)(c1ccco1)C(F)(F)F. The minimum Gasteiger partial charge on any atom is -0.466 e. The predicted octanol–water partition coefficient (Wildman–Crippen LogP) is 4.83. The van der Waals surface area contributed by atoms with Gasteiger partial charge in [0.05, 0.1) is 12.9 Å². The van der Waals surface area contributed by atoms with E-state index < -0.39 is 18.2 Å². The third-order valence-corrected chi connectivity index (χ3v) is 3.14. The van der Waals surface area contributed by atoms with Crippen molar-refractivity contribution < 1.29 is 22.3 Å². The fraction of sp³-hybridized carbons (Fsp3) is 0.250. The van der Waals surface area contributed by atoms with E-state index in [1.165, 1.54) is 24.5 Å². The van der Waals surface area contributed by atoms with Crippen LogP contribution in [0.4, 0.5) is 13.2 Å². The van der Waals surface area contributed by atoms with Gasteiger partial charge in [-0.25, -0.2) is 0 Å². The van der Waals surface area contributed by atoms with Crippen LogP contribution >= 0.6 is 0 Å². The third kappa shape index (κ3) is 3.19. The van der Waals surface area contributed by atoms with Crippen LogP contribution in [-0.2, 0) is 16.9 Å². The highest BCUT2D eigenvalue weighted by atomic mass is 19.4. The molecule has 0 aliphatic rings. The largest absolute Gasteiger partial charge is 0.466 e. The lowest BCUT2D eigenvalue weighted by Crippen LogP contribution is -2.44. The second kappa shape index (κ2) is 6.18. The molecule has 112 valence electrons. The number of ether oxygens (including phenoxy) is 1. The maximum Gasteiger partial charge on any atom is 0.425 e. The minimum absolute atomic E-state index is 0.172. The lowest BCUT2D eigenvalue weighted by atomic mass is 9.95. The highest BCUT2D eigenvalue weighted by molar-refractivity contribution is 5.17. The van der Waals surface area contributed by atoms with Crippen LogP contribution in [0, 0.1) is 0 Å². The van der Waals surface area contributed by atoms with E-state index >= 15 is 0 Å². The van der Waals surface area contributed by atoms with Crippen molar-refractivity contribution in [2.24, 2.45) is 0 Å². The van der Waals surface area contributed by atoms with Gasteiger partial charge in [0.15, 0.2) is 0 Å². The molecule has 0 amide bonds. The summed E-state index contributed by atoms with van der Waals surface area (Å²) in [5, 5.41) is 0. The van der Waals surface area contributed by atoms with Gasteiger partial charge in [0, 0.05) is 6.42 Å². The van der Waals surface area contributed by atoms with Crippen molar-refractivity contribution in [3.05, 3.63) is 72.7 Å². The molecule has 2 aromatic rings. The summed E-state index contributed by atoms with van der Waals surface area (Å²) >= 11 is 0. The Balaban J connectivity index is 2.33. The monoisotopic (exact) mass is 296 g/mol. The highest BCUT2D eigenvalue weighted by Crippen LogP contribution is 2.45. The van der Waals surface area contributed by atoms with E-state index in [0.29, 0.717) is 5.56 Å². The summed E-state index contributed by atoms with van der Waals surface area (Å²) in [5.74, 6) is -0.272. The van der Waals surface area contributed by atoms with Gasteiger partial charge in [-0.2, -0.15) is 13.2 Å². The predicted molar refractivity (Wildman–Crippen MR) is 72.5 cm³/mol. The molecule has 0 spiro atoms. The molecule has 21 heavy (non-hydrogen) atoms. The highest BCUT2D eigenvalue weighted by Gasteiger charge is 2.58. The number of benzene rings is 1. The standard InChI is InChI=1S/C16H15F3O2/c1-2-10-15(16(17,18)19,14-9-6-11-20-14)21-12-13-7-4-3-5-8-13/h2-9,11H,1,10,12H2. The lowest BCUT2D eigenvalue weighted by Gasteiger charge is -2.33. The maximum absolute atomic E-state index is 13.6. The van der Waals surface area contributed by atoms with Crippen LogP contribution in [0.15, 0.2) is 65.8 Å². The number of furan rings is 1. The molecule has 1 unspecified atom stereocenters. The third-order valence-electron chi connectivity index (χ3n) is 3.14. The first kappa shape index (κ1) is 15.4. The van der Waals surface area contributed by atoms with E-state index in [1.54, 1.807) is 30.3 Å². The average molecular weight is 296 g/mol.